The van der Waals surface area contributed by atoms with Crippen molar-refractivity contribution in [1.29, 1.82) is 0 Å². The maximum absolute atomic E-state index is 4.09. The monoisotopic (exact) mass is 409 g/mol. The lowest BCUT2D eigenvalue weighted by molar-refractivity contribution is 1.24. The van der Waals surface area contributed by atoms with Crippen molar-refractivity contribution in [3.8, 4) is 0 Å². The SMILES string of the molecule is Brc1cc(I)ncc1I. The van der Waals surface area contributed by atoms with Crippen molar-refractivity contribution in [1.82, 2.24) is 4.98 Å². The zero-order valence-electron chi connectivity index (χ0n) is 4.24. The number of pyridine rings is 1. The first-order valence-electron chi connectivity index (χ1n) is 2.16. The predicted octanol–water partition coefficient (Wildman–Crippen LogP) is 3.05. The molecule has 0 unspecified atom stereocenters. The lowest BCUT2D eigenvalue weighted by Crippen LogP contribution is -1.81. The van der Waals surface area contributed by atoms with Crippen LogP contribution in [0, 0.1) is 7.27 Å². The van der Waals surface area contributed by atoms with Crippen LogP contribution in [0.4, 0.5) is 0 Å². The number of halogens is 3. The van der Waals surface area contributed by atoms with Gasteiger partial charge < -0.3 is 0 Å². The van der Waals surface area contributed by atoms with E-state index in [1.54, 1.807) is 0 Å². The fourth-order valence-electron chi connectivity index (χ4n) is 0.391. The van der Waals surface area contributed by atoms with Crippen LogP contribution in [0.5, 0.6) is 0 Å². The molecule has 1 heterocycles. The fraction of sp³-hybridized carbons (Fsp3) is 0. The Morgan fingerprint density at radius 1 is 1.44 bits per heavy atom. The van der Waals surface area contributed by atoms with Gasteiger partial charge in [-0.05, 0) is 67.2 Å². The van der Waals surface area contributed by atoms with Crippen LogP contribution in [0.2, 0.25) is 0 Å². The average Bonchev–Trinajstić information content (AvgIpc) is 1.80. The summed E-state index contributed by atoms with van der Waals surface area (Å²) in [5, 5.41) is 0. The molecule has 0 fully saturated rings. The first kappa shape index (κ1) is 8.19. The van der Waals surface area contributed by atoms with Crippen molar-refractivity contribution in [2.24, 2.45) is 0 Å². The maximum Gasteiger partial charge on any atom is 0.102 e. The summed E-state index contributed by atoms with van der Waals surface area (Å²) in [4.78, 5) is 4.09. The van der Waals surface area contributed by atoms with Crippen molar-refractivity contribution in [3.63, 3.8) is 0 Å². The lowest BCUT2D eigenvalue weighted by Gasteiger charge is -1.93. The second-order valence-corrected chi connectivity index (χ2v) is 4.54. The number of aromatic nitrogens is 1. The third-order valence-electron chi connectivity index (χ3n) is 0.775. The van der Waals surface area contributed by atoms with E-state index in [0.717, 1.165) is 11.7 Å². The van der Waals surface area contributed by atoms with Gasteiger partial charge in [-0.15, -0.1) is 0 Å². The standard InChI is InChI=1S/C5H2BrI2N/c6-3-1-5(8)9-2-4(3)7/h1-2H. The highest BCUT2D eigenvalue weighted by Gasteiger charge is 1.94. The Labute approximate surface area is 89.0 Å². The molecule has 4 heteroatoms. The van der Waals surface area contributed by atoms with E-state index in [9.17, 15) is 0 Å². The average molecular weight is 410 g/mol. The largest absolute Gasteiger partial charge is 0.249 e. The van der Waals surface area contributed by atoms with E-state index in [1.807, 2.05) is 12.3 Å². The molecule has 0 aliphatic carbocycles. The van der Waals surface area contributed by atoms with Crippen LogP contribution in [-0.4, -0.2) is 4.98 Å². The molecule has 0 radical (unpaired) electrons. The highest BCUT2D eigenvalue weighted by atomic mass is 127. The van der Waals surface area contributed by atoms with Gasteiger partial charge in [-0.1, -0.05) is 0 Å². The highest BCUT2D eigenvalue weighted by molar-refractivity contribution is 14.1. The highest BCUT2D eigenvalue weighted by Crippen LogP contribution is 2.18. The van der Waals surface area contributed by atoms with Gasteiger partial charge in [0.1, 0.15) is 3.70 Å². The number of nitrogens with zero attached hydrogens (tertiary/aromatic N) is 1. The Balaban J connectivity index is 3.17. The van der Waals surface area contributed by atoms with Crippen LogP contribution >= 0.6 is 61.1 Å². The Morgan fingerprint density at radius 3 is 2.56 bits per heavy atom. The van der Waals surface area contributed by atoms with Crippen LogP contribution in [0.25, 0.3) is 0 Å². The maximum atomic E-state index is 4.09. The van der Waals surface area contributed by atoms with E-state index in [4.69, 9.17) is 0 Å². The molecule has 0 aromatic carbocycles. The molecule has 9 heavy (non-hydrogen) atoms. The van der Waals surface area contributed by atoms with Gasteiger partial charge in [0.15, 0.2) is 0 Å². The van der Waals surface area contributed by atoms with E-state index in [-0.39, 0.29) is 0 Å². The Hall–Kier alpha value is 1.09. The third-order valence-corrected chi connectivity index (χ3v) is 3.62. The molecule has 1 aromatic rings. The molecule has 0 aliphatic heterocycles. The van der Waals surface area contributed by atoms with E-state index in [0.29, 0.717) is 0 Å². The Kier molecular flexibility index (Phi) is 3.16. The minimum atomic E-state index is 1.01. The van der Waals surface area contributed by atoms with Crippen LogP contribution < -0.4 is 0 Å². The van der Waals surface area contributed by atoms with E-state index in [1.165, 1.54) is 0 Å². The zero-order chi connectivity index (χ0) is 6.85. The smallest absolute Gasteiger partial charge is 0.102 e. The molecule has 0 saturated carbocycles. The predicted molar refractivity (Wildman–Crippen MR) is 57.4 cm³/mol. The Bertz CT molecular complexity index is 226. The van der Waals surface area contributed by atoms with Gasteiger partial charge in [0.2, 0.25) is 0 Å². The molecule has 0 amide bonds. The van der Waals surface area contributed by atoms with Gasteiger partial charge >= 0.3 is 0 Å². The molecule has 0 bridgehead atoms. The minimum absolute atomic E-state index is 1.01. The number of hydrogen-bond donors (Lipinski definition) is 0. The lowest BCUT2D eigenvalue weighted by atomic mass is 10.5. The molecule has 0 N–H and O–H groups in total. The fourth-order valence-corrected chi connectivity index (χ4v) is 1.88. The van der Waals surface area contributed by atoms with Crippen LogP contribution in [0.1, 0.15) is 0 Å². The van der Waals surface area contributed by atoms with Gasteiger partial charge in [-0.3, -0.25) is 0 Å². The molecule has 0 atom stereocenters. The normalized spacial score (nSPS) is 9.67. The molecule has 1 rings (SSSR count). The molecular weight excluding hydrogens is 408 g/mol. The summed E-state index contributed by atoms with van der Waals surface area (Å²) in [6, 6.07) is 1.99. The van der Waals surface area contributed by atoms with E-state index < -0.39 is 0 Å². The summed E-state index contributed by atoms with van der Waals surface area (Å²) in [5.74, 6) is 0. The quantitative estimate of drug-likeness (QED) is 0.474. The summed E-state index contributed by atoms with van der Waals surface area (Å²) in [7, 11) is 0. The second kappa shape index (κ2) is 3.47. The van der Waals surface area contributed by atoms with Crippen molar-refractivity contribution in [2.75, 3.05) is 0 Å². The summed E-state index contributed by atoms with van der Waals surface area (Å²) in [5.41, 5.74) is 0. The van der Waals surface area contributed by atoms with Crippen molar-refractivity contribution in [2.45, 2.75) is 0 Å². The van der Waals surface area contributed by atoms with Crippen LogP contribution in [-0.2, 0) is 0 Å². The van der Waals surface area contributed by atoms with Gasteiger partial charge in [-0.2, -0.15) is 0 Å². The van der Waals surface area contributed by atoms with Gasteiger partial charge in [-0.25, -0.2) is 4.98 Å². The summed E-state index contributed by atoms with van der Waals surface area (Å²) in [6.07, 6.45) is 1.84. The summed E-state index contributed by atoms with van der Waals surface area (Å²) < 4.78 is 3.27. The molecule has 48 valence electrons. The van der Waals surface area contributed by atoms with Gasteiger partial charge in [0.05, 0.1) is 0 Å². The van der Waals surface area contributed by atoms with Crippen molar-refractivity contribution in [3.05, 3.63) is 24.0 Å². The van der Waals surface area contributed by atoms with Gasteiger partial charge in [0.25, 0.3) is 0 Å². The summed E-state index contributed by atoms with van der Waals surface area (Å²) >= 11 is 7.80. The minimum Gasteiger partial charge on any atom is -0.249 e. The molecule has 0 saturated heterocycles. The third kappa shape index (κ3) is 2.30. The second-order valence-electron chi connectivity index (χ2n) is 1.42. The van der Waals surface area contributed by atoms with E-state index in [2.05, 4.69) is 66.1 Å². The van der Waals surface area contributed by atoms with Crippen LogP contribution in [0.15, 0.2) is 16.7 Å². The molecule has 0 spiro atoms. The molecular formula is C5H2BrI2N. The van der Waals surface area contributed by atoms with Gasteiger partial charge in [0, 0.05) is 14.2 Å². The zero-order valence-corrected chi connectivity index (χ0v) is 10.1. The van der Waals surface area contributed by atoms with Crippen molar-refractivity contribution >= 4 is 61.1 Å². The van der Waals surface area contributed by atoms with Crippen molar-refractivity contribution < 1.29 is 0 Å². The summed E-state index contributed by atoms with van der Waals surface area (Å²) in [6.45, 7) is 0. The van der Waals surface area contributed by atoms with Crippen LogP contribution in [0.3, 0.4) is 0 Å². The number of hydrogen-bond acceptors (Lipinski definition) is 1. The molecule has 1 nitrogen and oxygen atoms in total. The first-order chi connectivity index (χ1) is 4.20. The Morgan fingerprint density at radius 2 is 2.11 bits per heavy atom. The van der Waals surface area contributed by atoms with E-state index >= 15 is 0 Å². The molecule has 0 aliphatic rings. The first-order valence-corrected chi connectivity index (χ1v) is 5.12. The molecule has 1 aromatic heterocycles. The number of rotatable bonds is 0. The topological polar surface area (TPSA) is 12.9 Å².